The van der Waals surface area contributed by atoms with Gasteiger partial charge in [-0.15, -0.1) is 0 Å². The SMILES string of the molecule is O=C(NCCCc1ccc(F)[c]([Ti]([c]2c(F)ccc(CCCNC(=O)c3ccccc3)c2F)([CH]2C=CC=C2)[CH]2C=CC=C2)c1F)c1ccccc1. The van der Waals surface area contributed by atoms with Gasteiger partial charge in [-0.25, -0.2) is 0 Å². The number of benzene rings is 4. The number of nitrogens with one attached hydrogen (secondary N) is 2. The summed E-state index contributed by atoms with van der Waals surface area (Å²) in [5.41, 5.74) is 1.45. The van der Waals surface area contributed by atoms with Crippen LogP contribution in [0.4, 0.5) is 17.6 Å². The van der Waals surface area contributed by atoms with Gasteiger partial charge in [0.1, 0.15) is 0 Å². The second-order valence-electron chi connectivity index (χ2n) is 12.7. The molecular weight excluding hydrogens is 688 g/mol. The van der Waals surface area contributed by atoms with E-state index < -0.39 is 48.3 Å². The van der Waals surface area contributed by atoms with Gasteiger partial charge in [0.25, 0.3) is 0 Å². The average Bonchev–Trinajstić information content (AvgIpc) is 3.90. The van der Waals surface area contributed by atoms with Crippen molar-refractivity contribution in [3.05, 3.63) is 179 Å². The summed E-state index contributed by atoms with van der Waals surface area (Å²) < 4.78 is 65.2. The minimum absolute atomic E-state index is 0.179. The van der Waals surface area contributed by atoms with Crippen molar-refractivity contribution in [2.45, 2.75) is 34.1 Å². The minimum atomic E-state index is -4.92. The average molecular weight is 727 g/mol. The van der Waals surface area contributed by atoms with Crippen molar-refractivity contribution in [3.8, 4) is 0 Å². The maximum atomic E-state index is 17.0. The van der Waals surface area contributed by atoms with Crippen molar-refractivity contribution in [3.63, 3.8) is 0 Å². The zero-order chi connectivity index (χ0) is 35.8. The van der Waals surface area contributed by atoms with E-state index in [1.807, 2.05) is 12.1 Å². The molecule has 0 saturated carbocycles. The summed E-state index contributed by atoms with van der Waals surface area (Å²) in [6, 6.07) is 22.6. The molecule has 4 aromatic carbocycles. The maximum absolute atomic E-state index is 17.0. The Bertz CT molecular complexity index is 1840. The zero-order valence-corrected chi connectivity index (χ0v) is 29.5. The van der Waals surface area contributed by atoms with E-state index in [4.69, 9.17) is 0 Å². The van der Waals surface area contributed by atoms with E-state index in [2.05, 4.69) is 10.6 Å². The van der Waals surface area contributed by atoms with Crippen molar-refractivity contribution in [1.82, 2.24) is 10.6 Å². The molecule has 2 aliphatic rings. The van der Waals surface area contributed by atoms with Gasteiger partial charge < -0.3 is 0 Å². The van der Waals surface area contributed by atoms with E-state index in [9.17, 15) is 9.59 Å². The first-order valence-corrected chi connectivity index (χ1v) is 20.5. The second-order valence-corrected chi connectivity index (χ2v) is 19.1. The summed E-state index contributed by atoms with van der Waals surface area (Å²) in [6.07, 6.45) is 15.3. The van der Waals surface area contributed by atoms with Crippen LogP contribution in [0.3, 0.4) is 0 Å². The molecule has 9 heteroatoms. The topological polar surface area (TPSA) is 58.2 Å². The van der Waals surface area contributed by atoms with Crippen molar-refractivity contribution in [1.29, 1.82) is 0 Å². The first kappa shape index (κ1) is 36.0. The number of halogens is 4. The molecule has 0 aliphatic heterocycles. The molecular formula is C42H38F4N2O2Ti. The van der Waals surface area contributed by atoms with Crippen LogP contribution in [0.2, 0.25) is 8.45 Å². The van der Waals surface area contributed by atoms with E-state index in [1.54, 1.807) is 97.1 Å². The summed E-state index contributed by atoms with van der Waals surface area (Å²) >= 11 is -4.92. The summed E-state index contributed by atoms with van der Waals surface area (Å²) in [5.74, 6) is -3.75. The normalized spacial score (nSPS) is 14.0. The second kappa shape index (κ2) is 16.5. The Morgan fingerprint density at radius 3 is 1.27 bits per heavy atom. The summed E-state index contributed by atoms with van der Waals surface area (Å²) in [5, 5.41) is 5.67. The third kappa shape index (κ3) is 7.63. The molecule has 0 heterocycles. The van der Waals surface area contributed by atoms with Gasteiger partial charge in [-0.05, 0) is 0 Å². The predicted molar refractivity (Wildman–Crippen MR) is 190 cm³/mol. The number of amides is 2. The Morgan fingerprint density at radius 2 is 0.902 bits per heavy atom. The predicted octanol–water partition coefficient (Wildman–Crippen LogP) is 7.90. The molecule has 4 aromatic rings. The molecule has 6 rings (SSSR count). The molecule has 0 saturated heterocycles. The third-order valence-corrected chi connectivity index (χ3v) is 18.1. The van der Waals surface area contributed by atoms with Crippen LogP contribution in [0.5, 0.6) is 0 Å². The molecule has 2 aliphatic carbocycles. The first-order chi connectivity index (χ1) is 24.8. The van der Waals surface area contributed by atoms with Crippen LogP contribution < -0.4 is 18.4 Å². The van der Waals surface area contributed by atoms with E-state index >= 15 is 17.6 Å². The van der Waals surface area contributed by atoms with Gasteiger partial charge in [0.05, 0.1) is 0 Å². The summed E-state index contributed by atoms with van der Waals surface area (Å²) in [7, 11) is 0. The van der Waals surface area contributed by atoms with Gasteiger partial charge in [-0.3, -0.25) is 0 Å². The standard InChI is InChI=1S/2C16H14F2NO.2C5H5.Ti/c2*17-14-9-8-12(15(18)11-14)7-4-10-19-16(20)13-5-2-1-3-6-13;2*1-2-4-5-3-1;/h2*1-3,5-6,8-9H,4,7,10H2,(H,19,20);2*1-5H;. The molecule has 0 radical (unpaired) electrons. The number of aryl methyl sites for hydroxylation is 2. The fraction of sp³-hybridized carbons (Fsp3) is 0.190. The van der Waals surface area contributed by atoms with Crippen molar-refractivity contribution in [2.75, 3.05) is 13.1 Å². The van der Waals surface area contributed by atoms with E-state index in [0.29, 0.717) is 24.0 Å². The van der Waals surface area contributed by atoms with Crippen LogP contribution in [-0.2, 0) is 29.4 Å². The van der Waals surface area contributed by atoms with Crippen LogP contribution in [0.15, 0.2) is 134 Å². The number of hydrogen-bond donors (Lipinski definition) is 2. The molecule has 0 bridgehead atoms. The molecule has 0 atom stereocenters. The Balaban J connectivity index is 1.33. The van der Waals surface area contributed by atoms with Crippen LogP contribution >= 0.6 is 0 Å². The summed E-state index contributed by atoms with van der Waals surface area (Å²) in [6.45, 7) is 0.511. The number of hydrogen-bond acceptors (Lipinski definition) is 2. The molecule has 0 fully saturated rings. The molecule has 2 N–H and O–H groups in total. The fourth-order valence-corrected chi connectivity index (χ4v) is 16.1. The van der Waals surface area contributed by atoms with Crippen LogP contribution in [0.25, 0.3) is 0 Å². The molecule has 51 heavy (non-hydrogen) atoms. The number of carbonyl (C=O) groups excluding carboxylic acids is 2. The molecule has 0 unspecified atom stereocenters. The van der Waals surface area contributed by atoms with E-state index in [-0.39, 0.29) is 56.6 Å². The van der Waals surface area contributed by atoms with Gasteiger partial charge in [0, 0.05) is 0 Å². The molecule has 260 valence electrons. The Kier molecular flexibility index (Phi) is 11.6. The quantitative estimate of drug-likeness (QED) is 0.0789. The van der Waals surface area contributed by atoms with Gasteiger partial charge in [-0.2, -0.15) is 0 Å². The van der Waals surface area contributed by atoms with Crippen molar-refractivity contribution in [2.24, 2.45) is 0 Å². The zero-order valence-electron chi connectivity index (χ0n) is 27.9. The van der Waals surface area contributed by atoms with Crippen molar-refractivity contribution < 1.29 is 43.7 Å². The van der Waals surface area contributed by atoms with Crippen LogP contribution in [0, 0.1) is 23.3 Å². The van der Waals surface area contributed by atoms with Gasteiger partial charge in [-0.1, -0.05) is 0 Å². The van der Waals surface area contributed by atoms with Gasteiger partial charge in [0.15, 0.2) is 0 Å². The van der Waals surface area contributed by atoms with E-state index in [0.717, 1.165) is 0 Å². The fourth-order valence-electron chi connectivity index (χ4n) is 7.17. The molecule has 2 amide bonds. The van der Waals surface area contributed by atoms with Crippen LogP contribution in [-0.4, -0.2) is 24.9 Å². The number of rotatable bonds is 14. The van der Waals surface area contributed by atoms with Crippen molar-refractivity contribution >= 4 is 19.6 Å². The Hall–Kier alpha value is -4.79. The first-order valence-electron chi connectivity index (χ1n) is 17.1. The van der Waals surface area contributed by atoms with Gasteiger partial charge in [0.2, 0.25) is 0 Å². The summed E-state index contributed by atoms with van der Waals surface area (Å²) in [4.78, 5) is 25.0. The number of carbonyl (C=O) groups is 2. The van der Waals surface area contributed by atoms with E-state index in [1.165, 1.54) is 24.3 Å². The molecule has 0 spiro atoms. The van der Waals surface area contributed by atoms with Crippen LogP contribution in [0.1, 0.15) is 44.7 Å². The third-order valence-electron chi connectivity index (χ3n) is 9.61. The Morgan fingerprint density at radius 1 is 0.529 bits per heavy atom. The molecule has 0 aromatic heterocycles. The monoisotopic (exact) mass is 726 g/mol. The molecule has 4 nitrogen and oxygen atoms in total. The Labute approximate surface area is 299 Å². The number of allylic oxidation sites excluding steroid dienone is 8. The van der Waals surface area contributed by atoms with Gasteiger partial charge >= 0.3 is 300 Å².